The highest BCUT2D eigenvalue weighted by atomic mass is 19.1. The second kappa shape index (κ2) is 5.73. The molecule has 0 fully saturated rings. The normalized spacial score (nSPS) is 18.2. The molecule has 0 saturated heterocycles. The van der Waals surface area contributed by atoms with E-state index in [4.69, 9.17) is 5.73 Å². The molecule has 3 rings (SSSR count). The second-order valence-electron chi connectivity index (χ2n) is 5.30. The molecule has 20 heavy (non-hydrogen) atoms. The number of fused-ring (bicyclic) bond motifs is 1. The van der Waals surface area contributed by atoms with Crippen molar-refractivity contribution in [3.05, 3.63) is 71.0 Å². The van der Waals surface area contributed by atoms with Gasteiger partial charge in [-0.1, -0.05) is 36.4 Å². The summed E-state index contributed by atoms with van der Waals surface area (Å²) >= 11 is 0. The van der Waals surface area contributed by atoms with E-state index in [-0.39, 0.29) is 11.9 Å². The molecule has 0 saturated carbocycles. The first-order chi connectivity index (χ1) is 9.78. The van der Waals surface area contributed by atoms with Crippen molar-refractivity contribution in [1.82, 2.24) is 4.90 Å². The summed E-state index contributed by atoms with van der Waals surface area (Å²) in [7, 11) is 0. The number of hydrogen-bond donors (Lipinski definition) is 1. The molecule has 0 aromatic heterocycles. The third kappa shape index (κ3) is 2.60. The fraction of sp³-hybridized carbons (Fsp3) is 0.294. The van der Waals surface area contributed by atoms with Crippen LogP contribution in [-0.2, 0) is 13.0 Å². The van der Waals surface area contributed by atoms with Gasteiger partial charge in [0.15, 0.2) is 0 Å². The standard InChI is InChI=1S/C17H19FN2/c18-15-7-6-14-12-20(17(11-19)16(14)10-15)9-8-13-4-2-1-3-5-13/h1-7,10,17H,8-9,11-12,19H2. The van der Waals surface area contributed by atoms with Crippen LogP contribution in [0.1, 0.15) is 22.7 Å². The van der Waals surface area contributed by atoms with Crippen molar-refractivity contribution in [3.8, 4) is 0 Å². The Morgan fingerprint density at radius 3 is 2.70 bits per heavy atom. The Morgan fingerprint density at radius 1 is 1.15 bits per heavy atom. The van der Waals surface area contributed by atoms with Crippen molar-refractivity contribution < 1.29 is 4.39 Å². The summed E-state index contributed by atoms with van der Waals surface area (Å²) in [6, 6.07) is 15.6. The molecule has 0 aliphatic carbocycles. The van der Waals surface area contributed by atoms with Crippen LogP contribution in [0.4, 0.5) is 4.39 Å². The number of benzene rings is 2. The highest BCUT2D eigenvalue weighted by Crippen LogP contribution is 2.33. The summed E-state index contributed by atoms with van der Waals surface area (Å²) in [6.07, 6.45) is 0.994. The van der Waals surface area contributed by atoms with Crippen molar-refractivity contribution >= 4 is 0 Å². The molecular weight excluding hydrogens is 251 g/mol. The smallest absolute Gasteiger partial charge is 0.123 e. The topological polar surface area (TPSA) is 29.3 Å². The predicted octanol–water partition coefficient (Wildman–Crippen LogP) is 2.88. The van der Waals surface area contributed by atoms with Crippen LogP contribution < -0.4 is 5.73 Å². The van der Waals surface area contributed by atoms with Gasteiger partial charge in [0.1, 0.15) is 5.82 Å². The van der Waals surface area contributed by atoms with Crippen molar-refractivity contribution in [3.63, 3.8) is 0 Å². The zero-order valence-electron chi connectivity index (χ0n) is 11.4. The van der Waals surface area contributed by atoms with Gasteiger partial charge in [-0.3, -0.25) is 4.90 Å². The first-order valence-corrected chi connectivity index (χ1v) is 7.04. The highest BCUT2D eigenvalue weighted by molar-refractivity contribution is 5.35. The van der Waals surface area contributed by atoms with Crippen molar-refractivity contribution in [1.29, 1.82) is 0 Å². The molecule has 0 amide bonds. The van der Waals surface area contributed by atoms with Gasteiger partial charge in [0.25, 0.3) is 0 Å². The first-order valence-electron chi connectivity index (χ1n) is 7.04. The molecule has 3 heteroatoms. The maximum Gasteiger partial charge on any atom is 0.123 e. The Morgan fingerprint density at radius 2 is 1.95 bits per heavy atom. The van der Waals surface area contributed by atoms with Crippen LogP contribution in [0.5, 0.6) is 0 Å². The Balaban J connectivity index is 1.73. The Hall–Kier alpha value is -1.71. The van der Waals surface area contributed by atoms with Crippen molar-refractivity contribution in [2.75, 3.05) is 13.1 Å². The first kappa shape index (κ1) is 13.3. The summed E-state index contributed by atoms with van der Waals surface area (Å²) < 4.78 is 13.4. The van der Waals surface area contributed by atoms with Gasteiger partial charge in [-0.05, 0) is 35.2 Å². The van der Waals surface area contributed by atoms with E-state index in [0.717, 1.165) is 25.1 Å². The minimum absolute atomic E-state index is 0.143. The molecule has 0 radical (unpaired) electrons. The summed E-state index contributed by atoms with van der Waals surface area (Å²) in [5.74, 6) is -0.174. The molecule has 1 unspecified atom stereocenters. The quantitative estimate of drug-likeness (QED) is 0.925. The van der Waals surface area contributed by atoms with E-state index in [1.165, 1.54) is 17.2 Å². The summed E-state index contributed by atoms with van der Waals surface area (Å²) in [5, 5.41) is 0. The molecule has 2 aromatic rings. The zero-order chi connectivity index (χ0) is 13.9. The average molecular weight is 270 g/mol. The van der Waals surface area contributed by atoms with Crippen LogP contribution in [0.25, 0.3) is 0 Å². The Labute approximate surface area is 119 Å². The van der Waals surface area contributed by atoms with Gasteiger partial charge in [-0.2, -0.15) is 0 Å². The molecule has 2 aromatic carbocycles. The third-order valence-corrected chi connectivity index (χ3v) is 4.03. The average Bonchev–Trinajstić information content (AvgIpc) is 2.83. The minimum atomic E-state index is -0.174. The number of rotatable bonds is 4. The summed E-state index contributed by atoms with van der Waals surface area (Å²) in [4.78, 5) is 2.34. The summed E-state index contributed by atoms with van der Waals surface area (Å²) in [5.41, 5.74) is 9.48. The highest BCUT2D eigenvalue weighted by Gasteiger charge is 2.28. The summed E-state index contributed by atoms with van der Waals surface area (Å²) in [6.45, 7) is 2.34. The second-order valence-corrected chi connectivity index (χ2v) is 5.30. The van der Waals surface area contributed by atoms with Crippen LogP contribution in [0.15, 0.2) is 48.5 Å². The molecule has 0 spiro atoms. The maximum atomic E-state index is 13.4. The van der Waals surface area contributed by atoms with E-state index in [9.17, 15) is 4.39 Å². The van der Waals surface area contributed by atoms with Crippen molar-refractivity contribution in [2.45, 2.75) is 19.0 Å². The molecular formula is C17H19FN2. The monoisotopic (exact) mass is 270 g/mol. The molecule has 104 valence electrons. The van der Waals surface area contributed by atoms with Crippen LogP contribution in [0, 0.1) is 5.82 Å². The molecule has 1 aliphatic heterocycles. The lowest BCUT2D eigenvalue weighted by atomic mass is 10.0. The molecule has 0 bridgehead atoms. The number of nitrogens with two attached hydrogens (primary N) is 1. The van der Waals surface area contributed by atoms with E-state index in [0.29, 0.717) is 6.54 Å². The van der Waals surface area contributed by atoms with Crippen LogP contribution >= 0.6 is 0 Å². The van der Waals surface area contributed by atoms with Gasteiger partial charge in [-0.25, -0.2) is 4.39 Å². The number of halogens is 1. The Bertz CT molecular complexity index is 583. The van der Waals surface area contributed by atoms with Gasteiger partial charge < -0.3 is 5.73 Å². The largest absolute Gasteiger partial charge is 0.329 e. The zero-order valence-corrected chi connectivity index (χ0v) is 11.4. The van der Waals surface area contributed by atoms with E-state index >= 15 is 0 Å². The molecule has 2 N–H and O–H groups in total. The molecule has 1 aliphatic rings. The van der Waals surface area contributed by atoms with Gasteiger partial charge in [0.2, 0.25) is 0 Å². The van der Waals surface area contributed by atoms with E-state index < -0.39 is 0 Å². The maximum absolute atomic E-state index is 13.4. The molecule has 1 heterocycles. The fourth-order valence-corrected chi connectivity index (χ4v) is 2.97. The van der Waals surface area contributed by atoms with Crippen LogP contribution in [-0.4, -0.2) is 18.0 Å². The molecule has 2 nitrogen and oxygen atoms in total. The van der Waals surface area contributed by atoms with Gasteiger partial charge in [0, 0.05) is 25.7 Å². The fourth-order valence-electron chi connectivity index (χ4n) is 2.97. The van der Waals surface area contributed by atoms with Crippen LogP contribution in [0.2, 0.25) is 0 Å². The van der Waals surface area contributed by atoms with E-state index in [1.54, 1.807) is 6.07 Å². The predicted molar refractivity (Wildman–Crippen MR) is 78.8 cm³/mol. The lowest BCUT2D eigenvalue weighted by Crippen LogP contribution is -2.29. The number of nitrogens with zero attached hydrogens (tertiary/aromatic N) is 1. The van der Waals surface area contributed by atoms with Gasteiger partial charge >= 0.3 is 0 Å². The number of hydrogen-bond acceptors (Lipinski definition) is 2. The molecule has 1 atom stereocenters. The van der Waals surface area contributed by atoms with Crippen molar-refractivity contribution in [2.24, 2.45) is 5.73 Å². The third-order valence-electron chi connectivity index (χ3n) is 4.03. The SMILES string of the molecule is NCC1c2cc(F)ccc2CN1CCc1ccccc1. The van der Waals surface area contributed by atoms with E-state index in [2.05, 4.69) is 29.2 Å². The van der Waals surface area contributed by atoms with Gasteiger partial charge in [-0.15, -0.1) is 0 Å². The lowest BCUT2D eigenvalue weighted by Gasteiger charge is -2.23. The Kier molecular flexibility index (Phi) is 3.81. The van der Waals surface area contributed by atoms with E-state index in [1.807, 2.05) is 12.1 Å². The lowest BCUT2D eigenvalue weighted by molar-refractivity contribution is 0.223. The minimum Gasteiger partial charge on any atom is -0.329 e. The van der Waals surface area contributed by atoms with Gasteiger partial charge in [0.05, 0.1) is 0 Å². The van der Waals surface area contributed by atoms with Crippen LogP contribution in [0.3, 0.4) is 0 Å².